The van der Waals surface area contributed by atoms with Crippen molar-refractivity contribution in [1.29, 1.82) is 0 Å². The SMILES string of the molecule is COC(C)CN1CCC(=NO)CC1. The summed E-state index contributed by atoms with van der Waals surface area (Å²) >= 11 is 0. The zero-order valence-corrected chi connectivity index (χ0v) is 8.36. The summed E-state index contributed by atoms with van der Waals surface area (Å²) in [6, 6.07) is 0. The van der Waals surface area contributed by atoms with Crippen molar-refractivity contribution in [3.8, 4) is 0 Å². The van der Waals surface area contributed by atoms with Gasteiger partial charge < -0.3 is 14.8 Å². The van der Waals surface area contributed by atoms with E-state index in [1.807, 2.05) is 0 Å². The lowest BCUT2D eigenvalue weighted by atomic mass is 10.1. The van der Waals surface area contributed by atoms with Crippen molar-refractivity contribution in [2.24, 2.45) is 5.16 Å². The molecular weight excluding hydrogens is 168 g/mol. The summed E-state index contributed by atoms with van der Waals surface area (Å²) in [5.74, 6) is 0. The molecule has 0 saturated carbocycles. The Labute approximate surface area is 79.2 Å². The van der Waals surface area contributed by atoms with Crippen LogP contribution >= 0.6 is 0 Å². The minimum atomic E-state index is 0.285. The fourth-order valence-corrected chi connectivity index (χ4v) is 1.53. The first-order valence-corrected chi connectivity index (χ1v) is 4.71. The molecule has 1 fully saturated rings. The number of likely N-dealkylation sites (tertiary alicyclic amines) is 1. The minimum absolute atomic E-state index is 0.285. The molecule has 0 aromatic heterocycles. The second kappa shape index (κ2) is 5.19. The molecule has 0 radical (unpaired) electrons. The second-order valence-corrected chi connectivity index (χ2v) is 3.51. The third-order valence-electron chi connectivity index (χ3n) is 2.49. The van der Waals surface area contributed by atoms with Gasteiger partial charge in [0.25, 0.3) is 0 Å². The molecule has 1 N–H and O–H groups in total. The number of rotatable bonds is 3. The third-order valence-corrected chi connectivity index (χ3v) is 2.49. The normalized spacial score (nSPS) is 21.5. The van der Waals surface area contributed by atoms with E-state index in [0.29, 0.717) is 0 Å². The Morgan fingerprint density at radius 3 is 2.62 bits per heavy atom. The summed E-state index contributed by atoms with van der Waals surface area (Å²) in [6.45, 7) is 4.99. The van der Waals surface area contributed by atoms with Gasteiger partial charge in [0.1, 0.15) is 0 Å². The van der Waals surface area contributed by atoms with Crippen LogP contribution in [0.5, 0.6) is 0 Å². The zero-order chi connectivity index (χ0) is 9.68. The van der Waals surface area contributed by atoms with E-state index in [0.717, 1.165) is 38.2 Å². The van der Waals surface area contributed by atoms with Crippen LogP contribution in [0.4, 0.5) is 0 Å². The van der Waals surface area contributed by atoms with Gasteiger partial charge in [-0.2, -0.15) is 0 Å². The first-order valence-electron chi connectivity index (χ1n) is 4.71. The Balaban J connectivity index is 2.25. The van der Waals surface area contributed by atoms with Gasteiger partial charge in [0, 0.05) is 39.6 Å². The highest BCUT2D eigenvalue weighted by atomic mass is 16.5. The van der Waals surface area contributed by atoms with Gasteiger partial charge in [-0.3, -0.25) is 0 Å². The van der Waals surface area contributed by atoms with Crippen molar-refractivity contribution in [3.63, 3.8) is 0 Å². The van der Waals surface area contributed by atoms with Crippen molar-refractivity contribution in [3.05, 3.63) is 0 Å². The van der Waals surface area contributed by atoms with E-state index in [4.69, 9.17) is 9.94 Å². The predicted octanol–water partition coefficient (Wildman–Crippen LogP) is 0.947. The van der Waals surface area contributed by atoms with Crippen LogP contribution in [0, 0.1) is 0 Å². The topological polar surface area (TPSA) is 45.1 Å². The van der Waals surface area contributed by atoms with Crippen LogP contribution in [0.25, 0.3) is 0 Å². The molecule has 0 amide bonds. The molecule has 1 unspecified atom stereocenters. The van der Waals surface area contributed by atoms with Crippen LogP contribution in [-0.2, 0) is 4.74 Å². The van der Waals surface area contributed by atoms with Crippen LogP contribution in [-0.4, -0.2) is 48.7 Å². The molecule has 76 valence electrons. The summed E-state index contributed by atoms with van der Waals surface area (Å²) in [5, 5.41) is 11.8. The summed E-state index contributed by atoms with van der Waals surface area (Å²) < 4.78 is 5.18. The molecule has 1 aliphatic rings. The Morgan fingerprint density at radius 1 is 1.54 bits per heavy atom. The molecule has 13 heavy (non-hydrogen) atoms. The van der Waals surface area contributed by atoms with Crippen molar-refractivity contribution < 1.29 is 9.94 Å². The maximum absolute atomic E-state index is 8.55. The van der Waals surface area contributed by atoms with E-state index in [2.05, 4.69) is 17.0 Å². The Bertz CT molecular complexity index is 172. The zero-order valence-electron chi connectivity index (χ0n) is 8.36. The minimum Gasteiger partial charge on any atom is -0.411 e. The average molecular weight is 186 g/mol. The molecule has 1 saturated heterocycles. The fourth-order valence-electron chi connectivity index (χ4n) is 1.53. The summed E-state index contributed by atoms with van der Waals surface area (Å²) in [5.41, 5.74) is 0.918. The number of methoxy groups -OCH3 is 1. The van der Waals surface area contributed by atoms with E-state index in [1.165, 1.54) is 0 Å². The lowest BCUT2D eigenvalue weighted by Gasteiger charge is -2.28. The van der Waals surface area contributed by atoms with Crippen LogP contribution in [0.2, 0.25) is 0 Å². The first-order chi connectivity index (χ1) is 6.26. The quantitative estimate of drug-likeness (QED) is 0.527. The molecular formula is C9H18N2O2. The Hall–Kier alpha value is -0.610. The molecule has 0 spiro atoms. The highest BCUT2D eigenvalue weighted by Crippen LogP contribution is 2.08. The fraction of sp³-hybridized carbons (Fsp3) is 0.889. The van der Waals surface area contributed by atoms with E-state index < -0.39 is 0 Å². The number of ether oxygens (including phenoxy) is 1. The van der Waals surface area contributed by atoms with Crippen molar-refractivity contribution in [2.75, 3.05) is 26.7 Å². The highest BCUT2D eigenvalue weighted by Gasteiger charge is 2.16. The van der Waals surface area contributed by atoms with Gasteiger partial charge in [0.15, 0.2) is 0 Å². The molecule has 1 heterocycles. The van der Waals surface area contributed by atoms with Crippen LogP contribution < -0.4 is 0 Å². The molecule has 0 bridgehead atoms. The Kier molecular flexibility index (Phi) is 4.18. The largest absolute Gasteiger partial charge is 0.411 e. The van der Waals surface area contributed by atoms with Crippen molar-refractivity contribution in [1.82, 2.24) is 4.90 Å². The highest BCUT2D eigenvalue weighted by molar-refractivity contribution is 5.84. The number of nitrogens with zero attached hydrogens (tertiary/aromatic N) is 2. The van der Waals surface area contributed by atoms with Crippen LogP contribution in [0.3, 0.4) is 0 Å². The first kappa shape index (κ1) is 10.5. The smallest absolute Gasteiger partial charge is 0.0670 e. The molecule has 4 nitrogen and oxygen atoms in total. The van der Waals surface area contributed by atoms with Gasteiger partial charge in [-0.25, -0.2) is 0 Å². The molecule has 0 aromatic rings. The summed E-state index contributed by atoms with van der Waals surface area (Å²) in [4.78, 5) is 2.34. The van der Waals surface area contributed by atoms with Gasteiger partial charge in [-0.05, 0) is 6.92 Å². The van der Waals surface area contributed by atoms with Crippen molar-refractivity contribution >= 4 is 5.71 Å². The van der Waals surface area contributed by atoms with Crippen LogP contribution in [0.15, 0.2) is 5.16 Å². The van der Waals surface area contributed by atoms with Gasteiger partial charge >= 0.3 is 0 Å². The van der Waals surface area contributed by atoms with Gasteiger partial charge in [0.2, 0.25) is 0 Å². The Morgan fingerprint density at radius 2 is 2.15 bits per heavy atom. The monoisotopic (exact) mass is 186 g/mol. The maximum Gasteiger partial charge on any atom is 0.0670 e. The predicted molar refractivity (Wildman–Crippen MR) is 51.4 cm³/mol. The summed E-state index contributed by atoms with van der Waals surface area (Å²) in [6.07, 6.45) is 2.05. The molecule has 0 aromatic carbocycles. The number of oxime groups is 1. The molecule has 1 aliphatic heterocycles. The summed E-state index contributed by atoms with van der Waals surface area (Å²) in [7, 11) is 1.73. The van der Waals surface area contributed by atoms with E-state index in [-0.39, 0.29) is 6.10 Å². The van der Waals surface area contributed by atoms with E-state index in [1.54, 1.807) is 7.11 Å². The second-order valence-electron chi connectivity index (χ2n) is 3.51. The maximum atomic E-state index is 8.55. The van der Waals surface area contributed by atoms with E-state index in [9.17, 15) is 0 Å². The third kappa shape index (κ3) is 3.32. The van der Waals surface area contributed by atoms with Gasteiger partial charge in [0.05, 0.1) is 11.8 Å². The van der Waals surface area contributed by atoms with E-state index >= 15 is 0 Å². The number of piperidine rings is 1. The lowest BCUT2D eigenvalue weighted by Crippen LogP contribution is -2.38. The molecule has 4 heteroatoms. The standard InChI is InChI=1S/C9H18N2O2/c1-8(13-2)7-11-5-3-9(10-12)4-6-11/h8,12H,3-7H2,1-2H3. The van der Waals surface area contributed by atoms with Crippen LogP contribution in [0.1, 0.15) is 19.8 Å². The average Bonchev–Trinajstić information content (AvgIpc) is 2.19. The molecule has 1 rings (SSSR count). The van der Waals surface area contributed by atoms with Gasteiger partial charge in [-0.15, -0.1) is 0 Å². The lowest BCUT2D eigenvalue weighted by molar-refractivity contribution is 0.0765. The van der Waals surface area contributed by atoms with Gasteiger partial charge in [-0.1, -0.05) is 5.16 Å². The molecule has 0 aliphatic carbocycles. The molecule has 1 atom stereocenters. The van der Waals surface area contributed by atoms with Crippen molar-refractivity contribution in [2.45, 2.75) is 25.9 Å². The number of hydrogen-bond acceptors (Lipinski definition) is 4. The number of hydrogen-bond donors (Lipinski definition) is 1.